The predicted molar refractivity (Wildman–Crippen MR) is 136 cm³/mol. The summed E-state index contributed by atoms with van der Waals surface area (Å²) in [6.07, 6.45) is 3.35. The number of allylic oxidation sites excluding steroid dienone is 2. The molecule has 3 N–H and O–H groups in total. The van der Waals surface area contributed by atoms with Crippen molar-refractivity contribution in [3.05, 3.63) is 33.9 Å². The maximum Gasteiger partial charge on any atom is 0.341 e. The number of carbonyl (C=O) groups is 3. The van der Waals surface area contributed by atoms with Crippen molar-refractivity contribution in [3.8, 4) is 5.75 Å². The van der Waals surface area contributed by atoms with Crippen molar-refractivity contribution in [2.75, 3.05) is 43.7 Å². The van der Waals surface area contributed by atoms with Gasteiger partial charge in [-0.05, 0) is 52.1 Å². The highest BCUT2D eigenvalue weighted by Gasteiger charge is 2.32. The zero-order chi connectivity index (χ0) is 25.5. The Balaban J connectivity index is 1.86. The summed E-state index contributed by atoms with van der Waals surface area (Å²) < 4.78 is 11.0. The first-order valence-electron chi connectivity index (χ1n) is 11.9. The van der Waals surface area contributed by atoms with Crippen molar-refractivity contribution in [1.29, 1.82) is 0 Å². The summed E-state index contributed by atoms with van der Waals surface area (Å²) in [5.74, 6) is 0.895. The topological polar surface area (TPSA) is 117 Å². The van der Waals surface area contributed by atoms with Crippen molar-refractivity contribution in [2.45, 2.75) is 46.6 Å². The van der Waals surface area contributed by atoms with E-state index in [4.69, 9.17) is 9.47 Å². The molecule has 2 aliphatic rings. The van der Waals surface area contributed by atoms with Crippen LogP contribution in [0.25, 0.3) is 0 Å². The molecule has 1 aromatic carbocycles. The molecule has 0 bridgehead atoms. The van der Waals surface area contributed by atoms with Crippen LogP contribution in [0.4, 0.5) is 10.5 Å². The van der Waals surface area contributed by atoms with Crippen LogP contribution in [0.5, 0.6) is 5.75 Å². The Morgan fingerprint density at radius 1 is 1.37 bits per heavy atom. The second-order valence-corrected chi connectivity index (χ2v) is 9.94. The number of nitrogens with zero attached hydrogens (tertiary/aromatic N) is 1. The largest absolute Gasteiger partial charge is 0.496 e. The van der Waals surface area contributed by atoms with E-state index in [0.717, 1.165) is 35.9 Å². The van der Waals surface area contributed by atoms with Crippen molar-refractivity contribution >= 4 is 35.4 Å². The maximum atomic E-state index is 12.5. The van der Waals surface area contributed by atoms with Crippen LogP contribution in [-0.4, -0.2) is 66.3 Å². The number of amides is 2. The van der Waals surface area contributed by atoms with Gasteiger partial charge >= 0.3 is 18.0 Å². The minimum absolute atomic E-state index is 0.130. The SMILES string of the molecule is CCNC(=O)Nc1c(C/C=C(\C)CC(CCN2CCSC2)C(=O)O)c(OC)c(C)c2c1C(=O)OC2. The van der Waals surface area contributed by atoms with Gasteiger partial charge in [0, 0.05) is 35.8 Å². The van der Waals surface area contributed by atoms with Crippen molar-refractivity contribution in [2.24, 2.45) is 5.92 Å². The molecule has 192 valence electrons. The molecular weight excluding hydrogens is 470 g/mol. The second kappa shape index (κ2) is 12.3. The Morgan fingerprint density at radius 3 is 2.77 bits per heavy atom. The molecule has 0 spiro atoms. The number of urea groups is 1. The number of hydrogen-bond acceptors (Lipinski definition) is 7. The smallest absolute Gasteiger partial charge is 0.341 e. The Hall–Kier alpha value is -2.72. The van der Waals surface area contributed by atoms with Crippen molar-refractivity contribution in [3.63, 3.8) is 0 Å². The molecule has 0 saturated carbocycles. The molecule has 35 heavy (non-hydrogen) atoms. The number of hydrogen-bond donors (Lipinski definition) is 3. The van der Waals surface area contributed by atoms with Crippen LogP contribution in [0.2, 0.25) is 0 Å². The third-order valence-electron chi connectivity index (χ3n) is 6.44. The number of benzene rings is 1. The molecule has 1 saturated heterocycles. The van der Waals surface area contributed by atoms with E-state index in [1.807, 2.05) is 38.6 Å². The third kappa shape index (κ3) is 6.49. The minimum atomic E-state index is -0.795. The first-order valence-corrected chi connectivity index (χ1v) is 13.0. The summed E-state index contributed by atoms with van der Waals surface area (Å²) in [6, 6.07) is -0.423. The highest BCUT2D eigenvalue weighted by atomic mass is 32.2. The third-order valence-corrected chi connectivity index (χ3v) is 7.46. The number of carboxylic acids is 1. The van der Waals surface area contributed by atoms with Gasteiger partial charge in [-0.2, -0.15) is 0 Å². The van der Waals surface area contributed by atoms with Crippen LogP contribution in [-0.2, 0) is 22.6 Å². The van der Waals surface area contributed by atoms with E-state index in [9.17, 15) is 19.5 Å². The van der Waals surface area contributed by atoms with Crippen LogP contribution in [0, 0.1) is 12.8 Å². The van der Waals surface area contributed by atoms with Gasteiger partial charge in [0.15, 0.2) is 0 Å². The Labute approximate surface area is 210 Å². The standard InChI is InChI=1S/C25H35N3O6S/c1-5-26-25(32)27-21-18(22(33-4)16(3)19-13-34-24(31)20(19)21)7-6-15(2)12-17(23(29)30)8-9-28-10-11-35-14-28/h6,17H,5,7-14H2,1-4H3,(H,29,30)(H2,26,27,32)/b15-6+. The second-order valence-electron chi connectivity index (χ2n) is 8.86. The first-order chi connectivity index (χ1) is 16.8. The van der Waals surface area contributed by atoms with Gasteiger partial charge in [-0.15, -0.1) is 11.8 Å². The molecule has 1 unspecified atom stereocenters. The summed E-state index contributed by atoms with van der Waals surface area (Å²) in [5.41, 5.74) is 3.81. The van der Waals surface area contributed by atoms with Gasteiger partial charge < -0.3 is 25.2 Å². The molecule has 0 radical (unpaired) electrons. The fourth-order valence-corrected chi connectivity index (χ4v) is 5.57. The molecule has 1 fully saturated rings. The van der Waals surface area contributed by atoms with Crippen LogP contribution in [0.3, 0.4) is 0 Å². The fourth-order valence-electron chi connectivity index (χ4n) is 4.54. The number of aliphatic carboxylic acids is 1. The molecule has 1 atom stereocenters. The quantitative estimate of drug-likeness (QED) is 0.307. The van der Waals surface area contributed by atoms with Crippen LogP contribution < -0.4 is 15.4 Å². The summed E-state index contributed by atoms with van der Waals surface area (Å²) in [4.78, 5) is 39.1. The molecule has 10 heteroatoms. The number of fused-ring (bicyclic) bond motifs is 1. The number of anilines is 1. The summed E-state index contributed by atoms with van der Waals surface area (Å²) in [7, 11) is 1.55. The summed E-state index contributed by atoms with van der Waals surface area (Å²) >= 11 is 1.87. The summed E-state index contributed by atoms with van der Waals surface area (Å²) in [6.45, 7) is 7.94. The van der Waals surface area contributed by atoms with Gasteiger partial charge in [0.25, 0.3) is 0 Å². The van der Waals surface area contributed by atoms with E-state index in [1.165, 1.54) is 0 Å². The van der Waals surface area contributed by atoms with E-state index < -0.39 is 23.9 Å². The molecule has 0 aliphatic carbocycles. The molecule has 2 aliphatic heterocycles. The highest BCUT2D eigenvalue weighted by molar-refractivity contribution is 7.99. The molecule has 1 aromatic rings. The number of esters is 1. The van der Waals surface area contributed by atoms with Crippen LogP contribution in [0.1, 0.15) is 53.7 Å². The van der Waals surface area contributed by atoms with Crippen LogP contribution in [0.15, 0.2) is 11.6 Å². The van der Waals surface area contributed by atoms with E-state index >= 15 is 0 Å². The number of carbonyl (C=O) groups excluding carboxylic acids is 2. The number of rotatable bonds is 11. The van der Waals surface area contributed by atoms with Gasteiger partial charge in [0.1, 0.15) is 12.4 Å². The zero-order valence-electron chi connectivity index (χ0n) is 20.9. The van der Waals surface area contributed by atoms with E-state index in [1.54, 1.807) is 7.11 Å². The van der Waals surface area contributed by atoms with Gasteiger partial charge in [-0.1, -0.05) is 11.6 Å². The lowest BCUT2D eigenvalue weighted by Gasteiger charge is -2.20. The van der Waals surface area contributed by atoms with Gasteiger partial charge in [0.05, 0.1) is 24.3 Å². The number of ether oxygens (including phenoxy) is 2. The molecular formula is C25H35N3O6S. The average Bonchev–Trinajstić information content (AvgIpc) is 3.47. The lowest BCUT2D eigenvalue weighted by Crippen LogP contribution is -2.29. The van der Waals surface area contributed by atoms with Crippen molar-refractivity contribution in [1.82, 2.24) is 10.2 Å². The predicted octanol–water partition coefficient (Wildman–Crippen LogP) is 3.79. The minimum Gasteiger partial charge on any atom is -0.496 e. The number of methoxy groups -OCH3 is 1. The maximum absolute atomic E-state index is 12.5. The zero-order valence-corrected chi connectivity index (χ0v) is 21.7. The van der Waals surface area contributed by atoms with E-state index in [-0.39, 0.29) is 6.61 Å². The van der Waals surface area contributed by atoms with Gasteiger partial charge in [0.2, 0.25) is 0 Å². The fraction of sp³-hybridized carbons (Fsp3) is 0.560. The number of thioether (sulfide) groups is 1. The van der Waals surface area contributed by atoms with Crippen LogP contribution >= 0.6 is 11.8 Å². The molecule has 0 aromatic heterocycles. The average molecular weight is 506 g/mol. The first kappa shape index (κ1) is 26.9. The van der Waals surface area contributed by atoms with Gasteiger partial charge in [-0.3, -0.25) is 9.69 Å². The monoisotopic (exact) mass is 505 g/mol. The van der Waals surface area contributed by atoms with Gasteiger partial charge in [-0.25, -0.2) is 9.59 Å². The normalized spacial score (nSPS) is 16.6. The molecule has 3 rings (SSSR count). The Morgan fingerprint density at radius 2 is 2.14 bits per heavy atom. The number of carboxylic acid groups (broad SMARTS) is 1. The highest BCUT2D eigenvalue weighted by Crippen LogP contribution is 2.41. The Bertz CT molecular complexity index is 1000. The number of nitrogens with one attached hydrogen (secondary N) is 2. The van der Waals surface area contributed by atoms with Crippen molar-refractivity contribution < 1.29 is 29.0 Å². The summed E-state index contributed by atoms with van der Waals surface area (Å²) in [5, 5.41) is 15.3. The van der Waals surface area contributed by atoms with E-state index in [2.05, 4.69) is 15.5 Å². The van der Waals surface area contributed by atoms with E-state index in [0.29, 0.717) is 53.9 Å². The lowest BCUT2D eigenvalue weighted by atomic mass is 9.92. The molecule has 9 nitrogen and oxygen atoms in total. The lowest BCUT2D eigenvalue weighted by molar-refractivity contribution is -0.142. The molecule has 2 heterocycles. The Kier molecular flexibility index (Phi) is 9.45. The number of cyclic esters (lactones) is 1. The molecule has 2 amide bonds.